The standard InChI is InChI=1S/C13H14N2O/c1-16-11-5-6-12(10(8-11)9-14)13-4-2-3-7-15-13/h2-8H,9,14H2,1H3. The molecular formula is C13H14N2O. The molecule has 0 saturated heterocycles. The van der Waals surface area contributed by atoms with Gasteiger partial charge in [0, 0.05) is 18.3 Å². The molecule has 1 aromatic heterocycles. The second-order valence-corrected chi connectivity index (χ2v) is 3.44. The molecule has 3 heteroatoms. The molecule has 0 spiro atoms. The highest BCUT2D eigenvalue weighted by Gasteiger charge is 2.05. The van der Waals surface area contributed by atoms with Gasteiger partial charge in [0.1, 0.15) is 5.75 Å². The molecule has 0 aliphatic heterocycles. The summed E-state index contributed by atoms with van der Waals surface area (Å²) < 4.78 is 5.17. The lowest BCUT2D eigenvalue weighted by atomic mass is 10.0. The maximum atomic E-state index is 5.73. The molecule has 0 unspecified atom stereocenters. The van der Waals surface area contributed by atoms with Crippen LogP contribution in [-0.4, -0.2) is 12.1 Å². The molecule has 0 radical (unpaired) electrons. The maximum Gasteiger partial charge on any atom is 0.119 e. The van der Waals surface area contributed by atoms with Crippen molar-refractivity contribution >= 4 is 0 Å². The summed E-state index contributed by atoms with van der Waals surface area (Å²) >= 11 is 0. The predicted octanol–water partition coefficient (Wildman–Crippen LogP) is 2.22. The minimum absolute atomic E-state index is 0.475. The van der Waals surface area contributed by atoms with Crippen molar-refractivity contribution in [3.8, 4) is 17.0 Å². The van der Waals surface area contributed by atoms with Crippen molar-refractivity contribution in [3.63, 3.8) is 0 Å². The maximum absolute atomic E-state index is 5.73. The Morgan fingerprint density at radius 2 is 2.12 bits per heavy atom. The van der Waals surface area contributed by atoms with Crippen molar-refractivity contribution in [2.75, 3.05) is 7.11 Å². The SMILES string of the molecule is COc1ccc(-c2ccccn2)c(CN)c1. The molecule has 0 bridgehead atoms. The predicted molar refractivity (Wildman–Crippen MR) is 64.1 cm³/mol. The highest BCUT2D eigenvalue weighted by molar-refractivity contribution is 5.64. The van der Waals surface area contributed by atoms with Crippen LogP contribution in [0.3, 0.4) is 0 Å². The van der Waals surface area contributed by atoms with Gasteiger partial charge in [-0.25, -0.2) is 0 Å². The molecule has 0 fully saturated rings. The van der Waals surface area contributed by atoms with E-state index >= 15 is 0 Å². The zero-order valence-corrected chi connectivity index (χ0v) is 9.18. The zero-order valence-electron chi connectivity index (χ0n) is 9.18. The molecule has 0 aliphatic carbocycles. The van der Waals surface area contributed by atoms with Gasteiger partial charge in [-0.15, -0.1) is 0 Å². The van der Waals surface area contributed by atoms with Gasteiger partial charge in [0.25, 0.3) is 0 Å². The van der Waals surface area contributed by atoms with Crippen LogP contribution in [0.4, 0.5) is 0 Å². The molecule has 0 saturated carbocycles. The van der Waals surface area contributed by atoms with Gasteiger partial charge < -0.3 is 10.5 Å². The van der Waals surface area contributed by atoms with Gasteiger partial charge >= 0.3 is 0 Å². The first-order valence-corrected chi connectivity index (χ1v) is 5.13. The third-order valence-corrected chi connectivity index (χ3v) is 2.47. The number of nitrogens with zero attached hydrogens (tertiary/aromatic N) is 1. The first kappa shape index (κ1) is 10.6. The monoisotopic (exact) mass is 214 g/mol. The second kappa shape index (κ2) is 4.77. The van der Waals surface area contributed by atoms with Crippen molar-refractivity contribution in [3.05, 3.63) is 48.2 Å². The van der Waals surface area contributed by atoms with Crippen molar-refractivity contribution < 1.29 is 4.74 Å². The van der Waals surface area contributed by atoms with Gasteiger partial charge in [-0.3, -0.25) is 4.98 Å². The van der Waals surface area contributed by atoms with Crippen LogP contribution < -0.4 is 10.5 Å². The van der Waals surface area contributed by atoms with E-state index in [1.165, 1.54) is 0 Å². The van der Waals surface area contributed by atoms with Crippen LogP contribution in [0.25, 0.3) is 11.3 Å². The van der Waals surface area contributed by atoms with Gasteiger partial charge in [0.05, 0.1) is 12.8 Å². The topological polar surface area (TPSA) is 48.1 Å². The number of rotatable bonds is 3. The van der Waals surface area contributed by atoms with Crippen molar-refractivity contribution in [1.29, 1.82) is 0 Å². The summed E-state index contributed by atoms with van der Waals surface area (Å²) in [5.74, 6) is 0.820. The Labute approximate surface area is 94.9 Å². The van der Waals surface area contributed by atoms with Crippen molar-refractivity contribution in [2.24, 2.45) is 5.73 Å². The fraction of sp³-hybridized carbons (Fsp3) is 0.154. The third kappa shape index (κ3) is 2.04. The molecule has 1 aromatic carbocycles. The van der Waals surface area contributed by atoms with Crippen LogP contribution in [0.5, 0.6) is 5.75 Å². The Morgan fingerprint density at radius 3 is 2.75 bits per heavy atom. The molecule has 0 aliphatic rings. The molecule has 2 rings (SSSR count). The number of ether oxygens (including phenoxy) is 1. The lowest BCUT2D eigenvalue weighted by molar-refractivity contribution is 0.414. The van der Waals surface area contributed by atoms with E-state index in [1.807, 2.05) is 36.4 Å². The molecule has 2 N–H and O–H groups in total. The van der Waals surface area contributed by atoms with E-state index < -0.39 is 0 Å². The number of nitrogens with two attached hydrogens (primary N) is 1. The molecule has 0 atom stereocenters. The molecule has 0 amide bonds. The number of aromatic nitrogens is 1. The number of hydrogen-bond donors (Lipinski definition) is 1. The van der Waals surface area contributed by atoms with Crippen LogP contribution in [0.15, 0.2) is 42.6 Å². The fourth-order valence-electron chi connectivity index (χ4n) is 1.64. The minimum atomic E-state index is 0.475. The summed E-state index contributed by atoms with van der Waals surface area (Å²) in [6, 6.07) is 11.7. The quantitative estimate of drug-likeness (QED) is 0.852. The van der Waals surface area contributed by atoms with E-state index in [2.05, 4.69) is 4.98 Å². The lowest BCUT2D eigenvalue weighted by Crippen LogP contribution is -2.00. The normalized spacial score (nSPS) is 10.1. The van der Waals surface area contributed by atoms with Crippen molar-refractivity contribution in [2.45, 2.75) is 6.54 Å². The summed E-state index contributed by atoms with van der Waals surface area (Å²) in [7, 11) is 1.65. The van der Waals surface area contributed by atoms with Crippen molar-refractivity contribution in [1.82, 2.24) is 4.98 Å². The summed E-state index contributed by atoms with van der Waals surface area (Å²) in [6.45, 7) is 0.475. The van der Waals surface area contributed by atoms with Gasteiger partial charge in [0.2, 0.25) is 0 Å². The highest BCUT2D eigenvalue weighted by atomic mass is 16.5. The molecule has 1 heterocycles. The Hall–Kier alpha value is -1.87. The zero-order chi connectivity index (χ0) is 11.4. The van der Waals surface area contributed by atoms with E-state index in [0.717, 1.165) is 22.6 Å². The Morgan fingerprint density at radius 1 is 1.25 bits per heavy atom. The summed E-state index contributed by atoms with van der Waals surface area (Å²) in [4.78, 5) is 4.32. The fourth-order valence-corrected chi connectivity index (χ4v) is 1.64. The highest BCUT2D eigenvalue weighted by Crippen LogP contribution is 2.25. The number of pyridine rings is 1. The summed E-state index contributed by atoms with van der Waals surface area (Å²) in [5.41, 5.74) is 8.76. The van der Waals surface area contributed by atoms with Gasteiger partial charge in [-0.05, 0) is 35.9 Å². The van der Waals surface area contributed by atoms with Gasteiger partial charge in [-0.2, -0.15) is 0 Å². The van der Waals surface area contributed by atoms with E-state index in [-0.39, 0.29) is 0 Å². The summed E-state index contributed by atoms with van der Waals surface area (Å²) in [6.07, 6.45) is 1.78. The van der Waals surface area contributed by atoms with Crippen LogP contribution in [-0.2, 0) is 6.54 Å². The molecule has 16 heavy (non-hydrogen) atoms. The van der Waals surface area contributed by atoms with E-state index in [9.17, 15) is 0 Å². The molecule has 82 valence electrons. The van der Waals surface area contributed by atoms with E-state index in [1.54, 1.807) is 13.3 Å². The Balaban J connectivity index is 2.49. The molecule has 3 nitrogen and oxygen atoms in total. The Bertz CT molecular complexity index is 469. The van der Waals surface area contributed by atoms with Crippen LogP contribution >= 0.6 is 0 Å². The summed E-state index contributed by atoms with van der Waals surface area (Å²) in [5, 5.41) is 0. The largest absolute Gasteiger partial charge is 0.497 e. The van der Waals surface area contributed by atoms with Gasteiger partial charge in [-0.1, -0.05) is 6.07 Å². The number of methoxy groups -OCH3 is 1. The van der Waals surface area contributed by atoms with Crippen LogP contribution in [0.1, 0.15) is 5.56 Å². The third-order valence-electron chi connectivity index (χ3n) is 2.47. The van der Waals surface area contributed by atoms with Crippen LogP contribution in [0.2, 0.25) is 0 Å². The first-order valence-electron chi connectivity index (χ1n) is 5.13. The molecule has 2 aromatic rings. The second-order valence-electron chi connectivity index (χ2n) is 3.44. The average Bonchev–Trinajstić information content (AvgIpc) is 2.39. The Kier molecular flexibility index (Phi) is 3.17. The number of hydrogen-bond acceptors (Lipinski definition) is 3. The average molecular weight is 214 g/mol. The number of benzene rings is 1. The van der Waals surface area contributed by atoms with Gasteiger partial charge in [0.15, 0.2) is 0 Å². The lowest BCUT2D eigenvalue weighted by Gasteiger charge is -2.09. The van der Waals surface area contributed by atoms with Crippen LogP contribution in [0, 0.1) is 0 Å². The first-order chi connectivity index (χ1) is 7.85. The van der Waals surface area contributed by atoms with E-state index in [0.29, 0.717) is 6.54 Å². The minimum Gasteiger partial charge on any atom is -0.497 e. The molecular weight excluding hydrogens is 200 g/mol. The van der Waals surface area contributed by atoms with E-state index in [4.69, 9.17) is 10.5 Å². The smallest absolute Gasteiger partial charge is 0.119 e.